The molecule has 1 heteroatoms. The molecule has 0 fully saturated rings. The fraction of sp³-hybridized carbons (Fsp3) is 0.800. The highest BCUT2D eigenvalue weighted by molar-refractivity contribution is 4.94. The minimum atomic E-state index is 0.657. The second-order valence-corrected chi connectivity index (χ2v) is 2.86. The van der Waals surface area contributed by atoms with E-state index in [0.29, 0.717) is 6.04 Å². The molecule has 0 aliphatic heterocycles. The maximum Gasteiger partial charge on any atom is 0.00885 e. The Bertz CT molecular complexity index is 130. The molecule has 1 atom stereocenters. The molecule has 11 heavy (non-hydrogen) atoms. The van der Waals surface area contributed by atoms with E-state index in [0.717, 1.165) is 6.42 Å². The van der Waals surface area contributed by atoms with Gasteiger partial charge in [-0.15, -0.1) is 11.8 Å². The summed E-state index contributed by atoms with van der Waals surface area (Å²) in [4.78, 5) is 0. The van der Waals surface area contributed by atoms with Crippen LogP contribution in [0.3, 0.4) is 0 Å². The number of nitrogens with one attached hydrogen (secondary N) is 1. The van der Waals surface area contributed by atoms with E-state index in [1.54, 1.807) is 0 Å². The van der Waals surface area contributed by atoms with Gasteiger partial charge in [0.05, 0.1) is 0 Å². The molecule has 1 nitrogen and oxygen atoms in total. The lowest BCUT2D eigenvalue weighted by Crippen LogP contribution is -2.20. The van der Waals surface area contributed by atoms with Crippen molar-refractivity contribution in [1.29, 1.82) is 0 Å². The van der Waals surface area contributed by atoms with Gasteiger partial charge in [0.2, 0.25) is 0 Å². The molecule has 0 rings (SSSR count). The summed E-state index contributed by atoms with van der Waals surface area (Å²) < 4.78 is 0. The Morgan fingerprint density at radius 2 is 2.09 bits per heavy atom. The van der Waals surface area contributed by atoms with Crippen molar-refractivity contribution in [2.24, 2.45) is 0 Å². The van der Waals surface area contributed by atoms with E-state index in [9.17, 15) is 0 Å². The van der Waals surface area contributed by atoms with E-state index in [2.05, 4.69) is 24.1 Å². The predicted molar refractivity (Wildman–Crippen MR) is 50.4 cm³/mol. The summed E-state index contributed by atoms with van der Waals surface area (Å²) in [5, 5.41) is 3.22. The second-order valence-electron chi connectivity index (χ2n) is 2.86. The van der Waals surface area contributed by atoms with Crippen LogP contribution in [0.5, 0.6) is 0 Å². The fourth-order valence-electron chi connectivity index (χ4n) is 0.933. The lowest BCUT2D eigenvalue weighted by atomic mass is 10.1. The van der Waals surface area contributed by atoms with Crippen molar-refractivity contribution in [3.63, 3.8) is 0 Å². The van der Waals surface area contributed by atoms with E-state index < -0.39 is 0 Å². The average molecular weight is 153 g/mol. The molecule has 0 aromatic heterocycles. The number of hydrogen-bond donors (Lipinski definition) is 1. The van der Waals surface area contributed by atoms with Crippen LogP contribution in [0.15, 0.2) is 0 Å². The van der Waals surface area contributed by atoms with Crippen LogP contribution in [0.25, 0.3) is 0 Å². The molecule has 0 spiro atoms. The SMILES string of the molecule is CC#CCCCCC(C)NC. The highest BCUT2D eigenvalue weighted by atomic mass is 14.8. The van der Waals surface area contributed by atoms with Crippen LogP contribution in [0.1, 0.15) is 39.5 Å². The Morgan fingerprint density at radius 1 is 1.36 bits per heavy atom. The first-order valence-corrected chi connectivity index (χ1v) is 4.38. The molecule has 0 saturated heterocycles. The molecule has 64 valence electrons. The third-order valence-corrected chi connectivity index (χ3v) is 1.86. The smallest absolute Gasteiger partial charge is 0.00885 e. The minimum Gasteiger partial charge on any atom is -0.317 e. The molecule has 0 aromatic carbocycles. The lowest BCUT2D eigenvalue weighted by molar-refractivity contribution is 0.531. The van der Waals surface area contributed by atoms with Gasteiger partial charge in [0.15, 0.2) is 0 Å². The Morgan fingerprint density at radius 3 is 2.64 bits per heavy atom. The first-order valence-electron chi connectivity index (χ1n) is 4.38. The van der Waals surface area contributed by atoms with Crippen molar-refractivity contribution < 1.29 is 0 Å². The summed E-state index contributed by atoms with van der Waals surface area (Å²) in [5.41, 5.74) is 0. The summed E-state index contributed by atoms with van der Waals surface area (Å²) in [6, 6.07) is 0.657. The third kappa shape index (κ3) is 7.42. The van der Waals surface area contributed by atoms with Gasteiger partial charge in [-0.05, 0) is 33.7 Å². The van der Waals surface area contributed by atoms with Crippen molar-refractivity contribution in [3.05, 3.63) is 0 Å². The van der Waals surface area contributed by atoms with E-state index in [1.165, 1.54) is 19.3 Å². The summed E-state index contributed by atoms with van der Waals surface area (Å²) >= 11 is 0. The number of rotatable bonds is 5. The standard InChI is InChI=1S/C10H19N/c1-4-5-6-7-8-9-10(2)11-3/h10-11H,6-9H2,1-3H3. The first-order chi connectivity index (χ1) is 5.31. The van der Waals surface area contributed by atoms with Crippen LogP contribution in [-0.2, 0) is 0 Å². The quantitative estimate of drug-likeness (QED) is 0.471. The fourth-order valence-corrected chi connectivity index (χ4v) is 0.933. The Kier molecular flexibility index (Phi) is 7.29. The van der Waals surface area contributed by atoms with Gasteiger partial charge in [0.1, 0.15) is 0 Å². The molecular weight excluding hydrogens is 134 g/mol. The molecule has 0 aliphatic carbocycles. The zero-order chi connectivity index (χ0) is 8.53. The molecule has 0 aromatic rings. The van der Waals surface area contributed by atoms with Gasteiger partial charge in [0.25, 0.3) is 0 Å². The van der Waals surface area contributed by atoms with Crippen molar-refractivity contribution in [1.82, 2.24) is 5.32 Å². The Labute approximate surface area is 70.6 Å². The van der Waals surface area contributed by atoms with Crippen LogP contribution < -0.4 is 5.32 Å². The zero-order valence-electron chi connectivity index (χ0n) is 7.91. The second kappa shape index (κ2) is 7.63. The molecule has 1 N–H and O–H groups in total. The van der Waals surface area contributed by atoms with Gasteiger partial charge in [-0.3, -0.25) is 0 Å². The Hall–Kier alpha value is -0.480. The molecule has 0 aliphatic rings. The molecule has 0 saturated carbocycles. The van der Waals surface area contributed by atoms with Gasteiger partial charge in [-0.25, -0.2) is 0 Å². The van der Waals surface area contributed by atoms with Crippen molar-refractivity contribution in [2.45, 2.75) is 45.6 Å². The first kappa shape index (κ1) is 10.5. The van der Waals surface area contributed by atoms with E-state index in [-0.39, 0.29) is 0 Å². The predicted octanol–water partition coefficient (Wildman–Crippen LogP) is 2.18. The van der Waals surface area contributed by atoms with Crippen LogP contribution in [-0.4, -0.2) is 13.1 Å². The minimum absolute atomic E-state index is 0.657. The van der Waals surface area contributed by atoms with Crippen molar-refractivity contribution in [3.8, 4) is 11.8 Å². The zero-order valence-corrected chi connectivity index (χ0v) is 7.91. The summed E-state index contributed by atoms with van der Waals surface area (Å²) in [5.74, 6) is 5.97. The molecule has 0 radical (unpaired) electrons. The average Bonchev–Trinajstić information content (AvgIpc) is 2.04. The number of unbranched alkanes of at least 4 members (excludes halogenated alkanes) is 2. The normalized spacial score (nSPS) is 11.9. The van der Waals surface area contributed by atoms with Gasteiger partial charge < -0.3 is 5.32 Å². The van der Waals surface area contributed by atoms with Crippen molar-refractivity contribution >= 4 is 0 Å². The largest absolute Gasteiger partial charge is 0.317 e. The lowest BCUT2D eigenvalue weighted by Gasteiger charge is -2.07. The van der Waals surface area contributed by atoms with Gasteiger partial charge in [-0.2, -0.15) is 0 Å². The van der Waals surface area contributed by atoms with Crippen molar-refractivity contribution in [2.75, 3.05) is 7.05 Å². The van der Waals surface area contributed by atoms with Crippen LogP contribution in [0.4, 0.5) is 0 Å². The van der Waals surface area contributed by atoms with E-state index in [4.69, 9.17) is 0 Å². The van der Waals surface area contributed by atoms with Crippen LogP contribution in [0, 0.1) is 11.8 Å². The van der Waals surface area contributed by atoms with Crippen LogP contribution in [0.2, 0.25) is 0 Å². The highest BCUT2D eigenvalue weighted by Crippen LogP contribution is 2.01. The van der Waals surface area contributed by atoms with E-state index in [1.807, 2.05) is 14.0 Å². The monoisotopic (exact) mass is 153 g/mol. The topological polar surface area (TPSA) is 12.0 Å². The Balaban J connectivity index is 3.05. The molecule has 0 heterocycles. The van der Waals surface area contributed by atoms with Crippen LogP contribution >= 0.6 is 0 Å². The summed E-state index contributed by atoms with van der Waals surface area (Å²) in [7, 11) is 2.01. The molecule has 1 unspecified atom stereocenters. The maximum atomic E-state index is 3.22. The van der Waals surface area contributed by atoms with E-state index >= 15 is 0 Å². The molecule has 0 bridgehead atoms. The summed E-state index contributed by atoms with van der Waals surface area (Å²) in [6.45, 7) is 4.11. The van der Waals surface area contributed by atoms with Gasteiger partial charge >= 0.3 is 0 Å². The molecular formula is C10H19N. The highest BCUT2D eigenvalue weighted by Gasteiger charge is 1.95. The van der Waals surface area contributed by atoms with Gasteiger partial charge in [-0.1, -0.05) is 6.42 Å². The summed E-state index contributed by atoms with van der Waals surface area (Å²) in [6.07, 6.45) is 4.86. The van der Waals surface area contributed by atoms with Gasteiger partial charge in [0, 0.05) is 12.5 Å². The maximum absolute atomic E-state index is 3.22. The number of hydrogen-bond acceptors (Lipinski definition) is 1. The molecule has 0 amide bonds. The third-order valence-electron chi connectivity index (χ3n) is 1.86.